The van der Waals surface area contributed by atoms with Gasteiger partial charge in [0.2, 0.25) is 5.91 Å². The highest BCUT2D eigenvalue weighted by Crippen LogP contribution is 2.19. The molecule has 2 atom stereocenters. The third kappa shape index (κ3) is 3.70. The number of rotatable bonds is 4. The van der Waals surface area contributed by atoms with Crippen LogP contribution >= 0.6 is 0 Å². The lowest BCUT2D eigenvalue weighted by atomic mass is 10.2. The van der Waals surface area contributed by atoms with Crippen molar-refractivity contribution < 1.29 is 9.00 Å². The van der Waals surface area contributed by atoms with Gasteiger partial charge in [-0.05, 0) is 49.7 Å². The van der Waals surface area contributed by atoms with Crippen molar-refractivity contribution >= 4 is 28.1 Å². The lowest BCUT2D eigenvalue weighted by Gasteiger charge is -2.14. The Balaban J connectivity index is 2.11. The maximum atomic E-state index is 12.3. The van der Waals surface area contributed by atoms with Gasteiger partial charge in [-0.15, -0.1) is 0 Å². The topological polar surface area (TPSA) is 72.2 Å². The van der Waals surface area contributed by atoms with Crippen LogP contribution in [0.25, 0.3) is 0 Å². The first-order valence-corrected chi connectivity index (χ1v) is 7.83. The summed E-state index contributed by atoms with van der Waals surface area (Å²) in [7, 11) is -1.38. The fraction of sp³-hybridized carbons (Fsp3) is 0.188. The van der Waals surface area contributed by atoms with Crippen LogP contribution in [0.4, 0.5) is 11.4 Å². The van der Waals surface area contributed by atoms with Gasteiger partial charge >= 0.3 is 0 Å². The Morgan fingerprint density at radius 2 is 1.86 bits per heavy atom. The van der Waals surface area contributed by atoms with E-state index in [1.54, 1.807) is 37.3 Å². The Labute approximate surface area is 126 Å². The normalized spacial score (nSPS) is 13.4. The van der Waals surface area contributed by atoms with E-state index in [1.807, 2.05) is 25.1 Å². The summed E-state index contributed by atoms with van der Waals surface area (Å²) in [5.74, 6) is -0.273. The van der Waals surface area contributed by atoms with Gasteiger partial charge in [-0.2, -0.15) is 0 Å². The van der Waals surface area contributed by atoms with E-state index in [2.05, 4.69) is 5.32 Å². The molecule has 3 N–H and O–H groups in total. The Hall–Kier alpha value is -2.14. The van der Waals surface area contributed by atoms with Crippen molar-refractivity contribution in [1.82, 2.24) is 0 Å². The molecule has 2 aromatic carbocycles. The quantitative estimate of drug-likeness (QED) is 0.853. The number of nitrogens with two attached hydrogens (primary N) is 1. The smallest absolute Gasteiger partial charge is 0.240 e. The largest absolute Gasteiger partial charge is 0.399 e. The molecular weight excluding hydrogens is 284 g/mol. The molecule has 0 aliphatic rings. The summed E-state index contributed by atoms with van der Waals surface area (Å²) in [4.78, 5) is 12.9. The molecular formula is C16H18N2O2S. The maximum absolute atomic E-state index is 12.3. The van der Waals surface area contributed by atoms with Gasteiger partial charge in [0, 0.05) is 16.3 Å². The van der Waals surface area contributed by atoms with E-state index >= 15 is 0 Å². The van der Waals surface area contributed by atoms with E-state index in [9.17, 15) is 9.00 Å². The van der Waals surface area contributed by atoms with Crippen LogP contribution in [-0.2, 0) is 15.6 Å². The van der Waals surface area contributed by atoms with Gasteiger partial charge in [-0.25, -0.2) is 0 Å². The minimum Gasteiger partial charge on any atom is -0.399 e. The molecule has 0 bridgehead atoms. The Bertz CT molecular complexity index is 671. The van der Waals surface area contributed by atoms with Gasteiger partial charge < -0.3 is 11.1 Å². The van der Waals surface area contributed by atoms with Crippen LogP contribution in [0.3, 0.4) is 0 Å². The van der Waals surface area contributed by atoms with Crippen molar-refractivity contribution in [2.45, 2.75) is 24.0 Å². The van der Waals surface area contributed by atoms with Crippen molar-refractivity contribution in [3.05, 3.63) is 54.1 Å². The second-order valence-electron chi connectivity index (χ2n) is 4.82. The van der Waals surface area contributed by atoms with Crippen LogP contribution in [0.1, 0.15) is 12.5 Å². The maximum Gasteiger partial charge on any atom is 0.240 e. The van der Waals surface area contributed by atoms with E-state index < -0.39 is 16.0 Å². The van der Waals surface area contributed by atoms with Gasteiger partial charge in [0.25, 0.3) is 0 Å². The van der Waals surface area contributed by atoms with Crippen molar-refractivity contribution in [3.63, 3.8) is 0 Å². The first-order valence-electron chi connectivity index (χ1n) is 6.61. The summed E-state index contributed by atoms with van der Waals surface area (Å²) in [6.07, 6.45) is 0. The molecule has 1 amide bonds. The minimum absolute atomic E-state index is 0.273. The number of carbonyl (C=O) groups is 1. The molecule has 0 aromatic heterocycles. The number of benzene rings is 2. The summed E-state index contributed by atoms with van der Waals surface area (Å²) < 4.78 is 12.3. The fourth-order valence-corrected chi connectivity index (χ4v) is 3.00. The van der Waals surface area contributed by atoms with Crippen molar-refractivity contribution in [2.24, 2.45) is 0 Å². The summed E-state index contributed by atoms with van der Waals surface area (Å²) in [5.41, 5.74) is 7.89. The molecule has 0 fully saturated rings. The number of carbonyl (C=O) groups excluding carboxylic acids is 1. The molecule has 2 aromatic rings. The van der Waals surface area contributed by atoms with Crippen LogP contribution < -0.4 is 11.1 Å². The van der Waals surface area contributed by atoms with Crippen LogP contribution in [0, 0.1) is 6.92 Å². The van der Waals surface area contributed by atoms with Gasteiger partial charge in [0.05, 0.1) is 10.8 Å². The highest BCUT2D eigenvalue weighted by atomic mass is 32.2. The van der Waals surface area contributed by atoms with Crippen LogP contribution in [0.2, 0.25) is 0 Å². The molecule has 0 aliphatic carbocycles. The molecule has 4 nitrogen and oxygen atoms in total. The Morgan fingerprint density at radius 1 is 1.19 bits per heavy atom. The summed E-state index contributed by atoms with van der Waals surface area (Å²) in [6.45, 7) is 3.52. The molecule has 0 saturated carbocycles. The molecule has 2 unspecified atom stereocenters. The lowest BCUT2D eigenvalue weighted by Crippen LogP contribution is -2.29. The van der Waals surface area contributed by atoms with Gasteiger partial charge in [-0.3, -0.25) is 9.00 Å². The van der Waals surface area contributed by atoms with Crippen LogP contribution in [-0.4, -0.2) is 15.4 Å². The zero-order chi connectivity index (χ0) is 15.4. The standard InChI is InChI=1S/C16H18N2O2S/c1-11-10-13(17)8-9-15(11)18-16(19)12(2)21(20)14-6-4-3-5-7-14/h3-10,12H,17H2,1-2H3,(H,18,19). The van der Waals surface area contributed by atoms with E-state index in [1.165, 1.54) is 0 Å². The third-order valence-corrected chi connectivity index (χ3v) is 4.77. The number of amides is 1. The van der Waals surface area contributed by atoms with E-state index in [4.69, 9.17) is 5.73 Å². The number of hydrogen-bond donors (Lipinski definition) is 2. The van der Waals surface area contributed by atoms with Crippen LogP contribution in [0.15, 0.2) is 53.4 Å². The average Bonchev–Trinajstić information content (AvgIpc) is 2.49. The second kappa shape index (κ2) is 6.54. The first kappa shape index (κ1) is 15.3. The second-order valence-corrected chi connectivity index (χ2v) is 6.59. The monoisotopic (exact) mass is 302 g/mol. The summed E-state index contributed by atoms with van der Waals surface area (Å²) in [5, 5.41) is 2.17. The molecule has 5 heteroatoms. The summed E-state index contributed by atoms with van der Waals surface area (Å²) >= 11 is 0. The van der Waals surface area contributed by atoms with Crippen molar-refractivity contribution in [2.75, 3.05) is 11.1 Å². The Kier molecular flexibility index (Phi) is 4.75. The minimum atomic E-state index is -1.38. The van der Waals surface area contributed by atoms with Gasteiger partial charge in [0.15, 0.2) is 0 Å². The number of aryl methyl sites for hydroxylation is 1. The Morgan fingerprint density at radius 3 is 2.48 bits per heavy atom. The molecule has 2 rings (SSSR count). The molecule has 110 valence electrons. The highest BCUT2D eigenvalue weighted by molar-refractivity contribution is 7.86. The molecule has 21 heavy (non-hydrogen) atoms. The van der Waals surface area contributed by atoms with Crippen molar-refractivity contribution in [3.8, 4) is 0 Å². The van der Waals surface area contributed by atoms with E-state index in [0.29, 0.717) is 16.3 Å². The molecule has 0 aliphatic heterocycles. The number of nitrogen functional groups attached to an aromatic ring is 1. The SMILES string of the molecule is Cc1cc(N)ccc1NC(=O)C(C)S(=O)c1ccccc1. The zero-order valence-electron chi connectivity index (χ0n) is 12.0. The van der Waals surface area contributed by atoms with Crippen LogP contribution in [0.5, 0.6) is 0 Å². The molecule has 0 saturated heterocycles. The predicted molar refractivity (Wildman–Crippen MR) is 86.5 cm³/mol. The van der Waals surface area contributed by atoms with Gasteiger partial charge in [0.1, 0.15) is 5.25 Å². The zero-order valence-corrected chi connectivity index (χ0v) is 12.8. The summed E-state index contributed by atoms with van der Waals surface area (Å²) in [6, 6.07) is 14.2. The molecule has 0 spiro atoms. The number of anilines is 2. The molecule has 0 heterocycles. The average molecular weight is 302 g/mol. The van der Waals surface area contributed by atoms with E-state index in [0.717, 1.165) is 5.56 Å². The number of hydrogen-bond acceptors (Lipinski definition) is 3. The first-order chi connectivity index (χ1) is 9.99. The third-order valence-electron chi connectivity index (χ3n) is 3.17. The van der Waals surface area contributed by atoms with Crippen molar-refractivity contribution in [1.29, 1.82) is 0 Å². The lowest BCUT2D eigenvalue weighted by molar-refractivity contribution is -0.115. The molecule has 0 radical (unpaired) electrons. The highest BCUT2D eigenvalue weighted by Gasteiger charge is 2.21. The van der Waals surface area contributed by atoms with E-state index in [-0.39, 0.29) is 5.91 Å². The fourth-order valence-electron chi connectivity index (χ4n) is 1.92. The number of nitrogens with one attached hydrogen (secondary N) is 1. The predicted octanol–water partition coefficient (Wildman–Crippen LogP) is 2.71. The van der Waals surface area contributed by atoms with Gasteiger partial charge in [-0.1, -0.05) is 18.2 Å².